The SMILES string of the molecule is Cc1nnccc1Cn1c(-c2ccc(CC(N)=O)cc2Cl)nc2c(OC3(C)CC3)ncnc21. The van der Waals surface area contributed by atoms with Gasteiger partial charge in [0, 0.05) is 11.8 Å². The number of hydrogen-bond acceptors (Lipinski definition) is 7. The van der Waals surface area contributed by atoms with Crippen LogP contribution in [-0.4, -0.2) is 41.2 Å². The van der Waals surface area contributed by atoms with E-state index in [2.05, 4.69) is 27.1 Å². The van der Waals surface area contributed by atoms with Crippen LogP contribution in [0.4, 0.5) is 0 Å². The van der Waals surface area contributed by atoms with Crippen LogP contribution in [0.1, 0.15) is 36.6 Å². The van der Waals surface area contributed by atoms with Crippen molar-refractivity contribution in [1.29, 1.82) is 0 Å². The van der Waals surface area contributed by atoms with Crippen LogP contribution in [-0.2, 0) is 17.8 Å². The van der Waals surface area contributed by atoms with E-state index >= 15 is 0 Å². The monoisotopic (exact) mass is 463 g/mol. The molecule has 0 atom stereocenters. The Kier molecular flexibility index (Phi) is 5.20. The Labute approximate surface area is 195 Å². The second kappa shape index (κ2) is 8.08. The molecule has 0 unspecified atom stereocenters. The largest absolute Gasteiger partial charge is 0.470 e. The lowest BCUT2D eigenvalue weighted by Crippen LogP contribution is -2.13. The van der Waals surface area contributed by atoms with Crippen molar-refractivity contribution in [3.8, 4) is 17.3 Å². The van der Waals surface area contributed by atoms with Crippen LogP contribution in [0, 0.1) is 6.92 Å². The maximum atomic E-state index is 11.3. The number of halogens is 1. The highest BCUT2D eigenvalue weighted by Crippen LogP contribution is 2.41. The van der Waals surface area contributed by atoms with Crippen LogP contribution in [0.2, 0.25) is 5.02 Å². The summed E-state index contributed by atoms with van der Waals surface area (Å²) in [6.07, 6.45) is 5.20. The summed E-state index contributed by atoms with van der Waals surface area (Å²) in [6.45, 7) is 4.42. The summed E-state index contributed by atoms with van der Waals surface area (Å²) in [5.74, 6) is 0.645. The van der Waals surface area contributed by atoms with E-state index in [4.69, 9.17) is 27.1 Å². The van der Waals surface area contributed by atoms with Gasteiger partial charge in [-0.1, -0.05) is 17.7 Å². The van der Waals surface area contributed by atoms with Gasteiger partial charge >= 0.3 is 0 Å². The topological polar surface area (TPSA) is 122 Å². The Bertz CT molecular complexity index is 1380. The van der Waals surface area contributed by atoms with Crippen molar-refractivity contribution >= 4 is 28.7 Å². The van der Waals surface area contributed by atoms with Gasteiger partial charge in [0.25, 0.3) is 0 Å². The number of hydrogen-bond donors (Lipinski definition) is 1. The molecule has 5 rings (SSSR count). The van der Waals surface area contributed by atoms with Crippen molar-refractivity contribution in [2.75, 3.05) is 0 Å². The van der Waals surface area contributed by atoms with Crippen LogP contribution in [0.5, 0.6) is 5.88 Å². The van der Waals surface area contributed by atoms with Gasteiger partial charge in [-0.25, -0.2) is 9.97 Å². The van der Waals surface area contributed by atoms with E-state index in [1.165, 1.54) is 6.33 Å². The lowest BCUT2D eigenvalue weighted by molar-refractivity contribution is -0.117. The number of carbonyl (C=O) groups excluding carboxylic acids is 1. The van der Waals surface area contributed by atoms with Crippen molar-refractivity contribution in [2.45, 2.75) is 45.3 Å². The highest BCUT2D eigenvalue weighted by atomic mass is 35.5. The molecule has 0 saturated heterocycles. The summed E-state index contributed by atoms with van der Waals surface area (Å²) in [6, 6.07) is 7.31. The smallest absolute Gasteiger partial charge is 0.245 e. The van der Waals surface area contributed by atoms with Crippen molar-refractivity contribution in [2.24, 2.45) is 5.73 Å². The number of nitrogens with zero attached hydrogens (tertiary/aromatic N) is 6. The lowest BCUT2D eigenvalue weighted by Gasteiger charge is -2.12. The molecule has 0 bridgehead atoms. The minimum atomic E-state index is -0.419. The third kappa shape index (κ3) is 4.23. The van der Waals surface area contributed by atoms with Gasteiger partial charge in [0.2, 0.25) is 11.8 Å². The minimum absolute atomic E-state index is 0.111. The molecule has 0 radical (unpaired) electrons. The number of primary amides is 1. The van der Waals surface area contributed by atoms with Gasteiger partial charge in [-0.05, 0) is 56.0 Å². The Morgan fingerprint density at radius 1 is 1.27 bits per heavy atom. The Morgan fingerprint density at radius 3 is 2.79 bits per heavy atom. The van der Waals surface area contributed by atoms with E-state index < -0.39 is 5.91 Å². The fourth-order valence-electron chi connectivity index (χ4n) is 3.67. The molecule has 0 spiro atoms. The first-order valence-corrected chi connectivity index (χ1v) is 11.0. The zero-order valence-corrected chi connectivity index (χ0v) is 19.0. The predicted octanol–water partition coefficient (Wildman–Crippen LogP) is 3.25. The third-order valence-electron chi connectivity index (χ3n) is 5.79. The summed E-state index contributed by atoms with van der Waals surface area (Å²) in [4.78, 5) is 25.1. The zero-order chi connectivity index (χ0) is 23.2. The van der Waals surface area contributed by atoms with E-state index in [9.17, 15) is 4.79 Å². The summed E-state index contributed by atoms with van der Waals surface area (Å²) >= 11 is 6.64. The Balaban J connectivity index is 1.67. The zero-order valence-electron chi connectivity index (χ0n) is 18.2. The van der Waals surface area contributed by atoms with E-state index in [1.54, 1.807) is 12.3 Å². The van der Waals surface area contributed by atoms with Crippen LogP contribution in [0.25, 0.3) is 22.6 Å². The molecule has 33 heavy (non-hydrogen) atoms. The molecule has 9 nitrogen and oxygen atoms in total. The molecule has 1 aliphatic rings. The summed E-state index contributed by atoms with van der Waals surface area (Å²) in [5, 5.41) is 8.57. The number of aromatic nitrogens is 6. The third-order valence-corrected chi connectivity index (χ3v) is 6.10. The Hall–Kier alpha value is -3.59. The van der Waals surface area contributed by atoms with Crippen LogP contribution < -0.4 is 10.5 Å². The molecule has 2 N–H and O–H groups in total. The first-order valence-electron chi connectivity index (χ1n) is 10.6. The summed E-state index contributed by atoms with van der Waals surface area (Å²) in [7, 11) is 0. The van der Waals surface area contributed by atoms with Gasteiger partial charge in [0.05, 0.1) is 23.7 Å². The number of fused-ring (bicyclic) bond motifs is 1. The Morgan fingerprint density at radius 2 is 2.09 bits per heavy atom. The number of rotatable bonds is 7. The second-order valence-corrected chi connectivity index (χ2v) is 8.93. The normalized spacial score (nSPS) is 14.4. The second-order valence-electron chi connectivity index (χ2n) is 8.52. The first kappa shape index (κ1) is 21.3. The maximum absolute atomic E-state index is 11.3. The number of aryl methyl sites for hydroxylation is 1. The predicted molar refractivity (Wildman–Crippen MR) is 123 cm³/mol. The standard InChI is InChI=1S/C23H22ClN7O2/c1-13-15(5-8-28-30-13)11-31-20(16-4-3-14(9-17(16)24)10-18(25)32)29-19-21(31)26-12-27-22(19)33-23(2)6-7-23/h3-5,8-9,12H,6-7,10-11H2,1-2H3,(H2,25,32). The lowest BCUT2D eigenvalue weighted by atomic mass is 10.1. The average Bonchev–Trinajstić information content (AvgIpc) is 3.38. The highest BCUT2D eigenvalue weighted by Gasteiger charge is 2.41. The fourth-order valence-corrected chi connectivity index (χ4v) is 3.96. The molecule has 1 amide bonds. The van der Waals surface area contributed by atoms with Gasteiger partial charge in [-0.15, -0.1) is 0 Å². The molecule has 0 aliphatic heterocycles. The minimum Gasteiger partial charge on any atom is -0.470 e. The fraction of sp³-hybridized carbons (Fsp3) is 0.304. The molecule has 1 aliphatic carbocycles. The van der Waals surface area contributed by atoms with E-state index in [0.717, 1.165) is 29.7 Å². The summed E-state index contributed by atoms with van der Waals surface area (Å²) in [5.41, 5.74) is 9.53. The van der Waals surface area contributed by atoms with Crippen LogP contribution in [0.3, 0.4) is 0 Å². The van der Waals surface area contributed by atoms with Crippen molar-refractivity contribution < 1.29 is 9.53 Å². The van der Waals surface area contributed by atoms with Crippen LogP contribution in [0.15, 0.2) is 36.8 Å². The molecule has 3 aromatic heterocycles. The molecule has 1 fully saturated rings. The van der Waals surface area contributed by atoms with Gasteiger partial charge in [0.15, 0.2) is 11.2 Å². The summed E-state index contributed by atoms with van der Waals surface area (Å²) < 4.78 is 8.13. The number of amides is 1. The highest BCUT2D eigenvalue weighted by molar-refractivity contribution is 6.33. The van der Waals surface area contributed by atoms with Gasteiger partial charge in [0.1, 0.15) is 17.8 Å². The number of ether oxygens (including phenoxy) is 1. The van der Waals surface area contributed by atoms with Crippen molar-refractivity contribution in [1.82, 2.24) is 29.7 Å². The first-order chi connectivity index (χ1) is 15.8. The molecule has 1 saturated carbocycles. The number of carbonyl (C=O) groups is 1. The average molecular weight is 464 g/mol. The molecular formula is C23H22ClN7O2. The van der Waals surface area contributed by atoms with Gasteiger partial charge in [-0.3, -0.25) is 4.79 Å². The molecule has 3 heterocycles. The number of benzene rings is 1. The molecule has 168 valence electrons. The number of imidazole rings is 1. The van der Waals surface area contributed by atoms with Gasteiger partial charge < -0.3 is 15.0 Å². The molecule has 1 aromatic carbocycles. The van der Waals surface area contributed by atoms with E-state index in [0.29, 0.717) is 40.0 Å². The van der Waals surface area contributed by atoms with E-state index in [-0.39, 0.29) is 12.0 Å². The van der Waals surface area contributed by atoms with Crippen molar-refractivity contribution in [3.63, 3.8) is 0 Å². The molecule has 4 aromatic rings. The molecule has 10 heteroatoms. The quantitative estimate of drug-likeness (QED) is 0.446. The van der Waals surface area contributed by atoms with Gasteiger partial charge in [-0.2, -0.15) is 15.2 Å². The van der Waals surface area contributed by atoms with E-state index in [1.807, 2.05) is 29.7 Å². The van der Waals surface area contributed by atoms with Crippen LogP contribution >= 0.6 is 11.6 Å². The maximum Gasteiger partial charge on any atom is 0.245 e. The number of nitrogens with two attached hydrogens (primary N) is 1. The van der Waals surface area contributed by atoms with Crippen molar-refractivity contribution in [3.05, 3.63) is 58.6 Å². The molecular weight excluding hydrogens is 442 g/mol.